The van der Waals surface area contributed by atoms with E-state index in [1.807, 2.05) is 0 Å². The molecule has 0 bridgehead atoms. The first-order valence-electron chi connectivity index (χ1n) is 3.11. The van der Waals surface area contributed by atoms with E-state index < -0.39 is 5.97 Å². The molecule has 1 aliphatic rings. The van der Waals surface area contributed by atoms with E-state index in [1.165, 1.54) is 0 Å². The highest BCUT2D eigenvalue weighted by Gasteiger charge is 2.27. The fourth-order valence-electron chi connectivity index (χ4n) is 1.18. The zero-order chi connectivity index (χ0) is 6.85. The molecule has 0 amide bonds. The van der Waals surface area contributed by atoms with Crippen molar-refractivity contribution in [1.29, 1.82) is 0 Å². The van der Waals surface area contributed by atoms with E-state index in [0.29, 0.717) is 5.25 Å². The van der Waals surface area contributed by atoms with Crippen LogP contribution < -0.4 is 0 Å². The van der Waals surface area contributed by atoms with Crippen LogP contribution in [0, 0.1) is 5.92 Å². The standard InChI is InChI=1S/C6H10O2S/c7-6(8)4-1-2-5(9)3-4/h4-5,9H,1-3H2,(H,7,8). The Morgan fingerprint density at radius 3 is 2.44 bits per heavy atom. The summed E-state index contributed by atoms with van der Waals surface area (Å²) in [4.78, 5) is 10.3. The highest BCUT2D eigenvalue weighted by atomic mass is 32.1. The third-order valence-corrected chi connectivity index (χ3v) is 2.22. The highest BCUT2D eigenvalue weighted by Crippen LogP contribution is 2.28. The van der Waals surface area contributed by atoms with E-state index >= 15 is 0 Å². The van der Waals surface area contributed by atoms with Crippen molar-refractivity contribution in [2.24, 2.45) is 5.92 Å². The van der Waals surface area contributed by atoms with Crippen LogP contribution in [0.5, 0.6) is 0 Å². The van der Waals surface area contributed by atoms with Gasteiger partial charge in [0.15, 0.2) is 0 Å². The zero-order valence-electron chi connectivity index (χ0n) is 5.08. The van der Waals surface area contributed by atoms with Gasteiger partial charge >= 0.3 is 5.97 Å². The van der Waals surface area contributed by atoms with E-state index in [4.69, 9.17) is 5.11 Å². The summed E-state index contributed by atoms with van der Waals surface area (Å²) in [6.07, 6.45) is 2.52. The summed E-state index contributed by atoms with van der Waals surface area (Å²) in [7, 11) is 0. The molecule has 0 aromatic rings. The van der Waals surface area contributed by atoms with Gasteiger partial charge in [-0.3, -0.25) is 4.79 Å². The maximum Gasteiger partial charge on any atom is 0.306 e. The lowest BCUT2D eigenvalue weighted by Gasteiger charge is -1.99. The molecule has 1 aliphatic carbocycles. The molecule has 1 N–H and O–H groups in total. The predicted molar refractivity (Wildman–Crippen MR) is 37.8 cm³/mol. The Balaban J connectivity index is 2.39. The number of carbonyl (C=O) groups is 1. The molecule has 3 heteroatoms. The van der Waals surface area contributed by atoms with Gasteiger partial charge in [-0.25, -0.2) is 0 Å². The molecule has 0 aliphatic heterocycles. The Bertz CT molecular complexity index is 124. The highest BCUT2D eigenvalue weighted by molar-refractivity contribution is 7.80. The number of rotatable bonds is 1. The van der Waals surface area contributed by atoms with Gasteiger partial charge in [0.05, 0.1) is 5.92 Å². The monoisotopic (exact) mass is 146 g/mol. The summed E-state index contributed by atoms with van der Waals surface area (Å²) >= 11 is 4.18. The second-order valence-corrected chi connectivity index (χ2v) is 3.23. The summed E-state index contributed by atoms with van der Waals surface area (Å²) < 4.78 is 0. The van der Waals surface area contributed by atoms with Gasteiger partial charge in [0.25, 0.3) is 0 Å². The van der Waals surface area contributed by atoms with Crippen molar-refractivity contribution in [3.63, 3.8) is 0 Å². The van der Waals surface area contributed by atoms with Crippen molar-refractivity contribution < 1.29 is 9.90 Å². The van der Waals surface area contributed by atoms with Crippen LogP contribution in [0.4, 0.5) is 0 Å². The number of aliphatic carboxylic acids is 1. The van der Waals surface area contributed by atoms with Gasteiger partial charge in [-0.15, -0.1) is 0 Å². The van der Waals surface area contributed by atoms with Gasteiger partial charge in [-0.1, -0.05) is 0 Å². The maximum absolute atomic E-state index is 10.3. The molecule has 2 atom stereocenters. The third-order valence-electron chi connectivity index (χ3n) is 1.75. The number of hydrogen-bond donors (Lipinski definition) is 2. The first-order chi connectivity index (χ1) is 4.20. The van der Waals surface area contributed by atoms with Crippen molar-refractivity contribution in [3.05, 3.63) is 0 Å². The third kappa shape index (κ3) is 1.61. The molecule has 1 fully saturated rings. The summed E-state index contributed by atoms with van der Waals surface area (Å²) in [5.74, 6) is -0.779. The Morgan fingerprint density at radius 2 is 2.22 bits per heavy atom. The number of thiol groups is 1. The molecule has 0 spiro atoms. The Morgan fingerprint density at radius 1 is 1.56 bits per heavy atom. The molecular formula is C6H10O2S. The van der Waals surface area contributed by atoms with Crippen LogP contribution in [0.3, 0.4) is 0 Å². The lowest BCUT2D eigenvalue weighted by molar-refractivity contribution is -0.141. The van der Waals surface area contributed by atoms with E-state index in [9.17, 15) is 4.79 Å². The smallest absolute Gasteiger partial charge is 0.306 e. The largest absolute Gasteiger partial charge is 0.481 e. The normalized spacial score (nSPS) is 34.8. The molecule has 0 radical (unpaired) electrons. The molecule has 2 unspecified atom stereocenters. The lowest BCUT2D eigenvalue weighted by atomic mass is 10.1. The summed E-state index contributed by atoms with van der Waals surface area (Å²) in [6, 6.07) is 0. The van der Waals surface area contributed by atoms with E-state index in [0.717, 1.165) is 19.3 Å². The molecule has 0 aromatic heterocycles. The van der Waals surface area contributed by atoms with Crippen molar-refractivity contribution in [1.82, 2.24) is 0 Å². The molecule has 1 rings (SSSR count). The fourth-order valence-corrected chi connectivity index (χ4v) is 1.59. The van der Waals surface area contributed by atoms with E-state index in [-0.39, 0.29) is 5.92 Å². The first kappa shape index (κ1) is 6.93. The first-order valence-corrected chi connectivity index (χ1v) is 3.62. The lowest BCUT2D eigenvalue weighted by Crippen LogP contribution is -2.09. The van der Waals surface area contributed by atoms with Crippen molar-refractivity contribution in [2.75, 3.05) is 0 Å². The van der Waals surface area contributed by atoms with Gasteiger partial charge in [0.2, 0.25) is 0 Å². The minimum atomic E-state index is -0.661. The van der Waals surface area contributed by atoms with Crippen LogP contribution in [0.2, 0.25) is 0 Å². The molecule has 52 valence electrons. The van der Waals surface area contributed by atoms with Crippen molar-refractivity contribution >= 4 is 18.6 Å². The fraction of sp³-hybridized carbons (Fsp3) is 0.833. The average molecular weight is 146 g/mol. The molecule has 2 nitrogen and oxygen atoms in total. The predicted octanol–water partition coefficient (Wildman–Crippen LogP) is 1.17. The molecule has 0 saturated heterocycles. The molecule has 0 aromatic carbocycles. The van der Waals surface area contributed by atoms with Crippen LogP contribution in [0.1, 0.15) is 19.3 Å². The van der Waals surface area contributed by atoms with Crippen LogP contribution in [-0.4, -0.2) is 16.3 Å². The second kappa shape index (κ2) is 2.60. The van der Waals surface area contributed by atoms with Gasteiger partial charge in [0, 0.05) is 5.25 Å². The Hall–Kier alpha value is -0.180. The summed E-state index contributed by atoms with van der Waals surface area (Å²) in [5.41, 5.74) is 0. The molecule has 1 saturated carbocycles. The van der Waals surface area contributed by atoms with Crippen LogP contribution >= 0.6 is 12.6 Å². The molecular weight excluding hydrogens is 136 g/mol. The maximum atomic E-state index is 10.3. The van der Waals surface area contributed by atoms with Crippen LogP contribution in [0.25, 0.3) is 0 Å². The Labute approximate surface area is 59.7 Å². The summed E-state index contributed by atoms with van der Waals surface area (Å²) in [6.45, 7) is 0. The van der Waals surface area contributed by atoms with Crippen LogP contribution in [-0.2, 0) is 4.79 Å². The quantitative estimate of drug-likeness (QED) is 0.545. The number of hydrogen-bond acceptors (Lipinski definition) is 2. The topological polar surface area (TPSA) is 37.3 Å². The van der Waals surface area contributed by atoms with Gasteiger partial charge in [-0.2, -0.15) is 12.6 Å². The number of carboxylic acid groups (broad SMARTS) is 1. The number of carboxylic acids is 1. The van der Waals surface area contributed by atoms with Gasteiger partial charge in [0.1, 0.15) is 0 Å². The SMILES string of the molecule is O=C(O)C1CCC(S)C1. The molecule has 9 heavy (non-hydrogen) atoms. The Kier molecular flexibility index (Phi) is 2.01. The minimum Gasteiger partial charge on any atom is -0.481 e. The van der Waals surface area contributed by atoms with E-state index in [1.54, 1.807) is 0 Å². The van der Waals surface area contributed by atoms with Crippen molar-refractivity contribution in [2.45, 2.75) is 24.5 Å². The average Bonchev–Trinajstić information content (AvgIpc) is 2.14. The molecule has 0 heterocycles. The van der Waals surface area contributed by atoms with E-state index in [2.05, 4.69) is 12.6 Å². The summed E-state index contributed by atoms with van der Waals surface area (Å²) in [5, 5.41) is 8.82. The van der Waals surface area contributed by atoms with Crippen molar-refractivity contribution in [3.8, 4) is 0 Å². The zero-order valence-corrected chi connectivity index (χ0v) is 5.97. The minimum absolute atomic E-state index is 0.118. The van der Waals surface area contributed by atoms with Gasteiger partial charge < -0.3 is 5.11 Å². The van der Waals surface area contributed by atoms with Crippen LogP contribution in [0.15, 0.2) is 0 Å². The van der Waals surface area contributed by atoms with Gasteiger partial charge in [-0.05, 0) is 19.3 Å². The second-order valence-electron chi connectivity index (χ2n) is 2.50.